The standard InChI is InChI=1S/C15H11ClN4/c1-20(2)15-12(7-10(8-17)9-18)14(16)11-5-3-4-6-13(11)19-15/h3-7H,1-2H3. The van der Waals surface area contributed by atoms with Crippen LogP contribution in [0, 0.1) is 22.7 Å². The van der Waals surface area contributed by atoms with Crippen LogP contribution in [0.15, 0.2) is 29.8 Å². The van der Waals surface area contributed by atoms with E-state index in [0.717, 1.165) is 10.9 Å². The van der Waals surface area contributed by atoms with Crippen LogP contribution in [0.2, 0.25) is 5.02 Å². The minimum absolute atomic E-state index is 0.00733. The Morgan fingerprint density at radius 2 is 1.90 bits per heavy atom. The molecule has 0 N–H and O–H groups in total. The Hall–Kier alpha value is -2.56. The Balaban J connectivity index is 2.85. The number of halogens is 1. The number of benzene rings is 1. The number of nitrogens with zero attached hydrogens (tertiary/aromatic N) is 4. The molecule has 0 unspecified atom stereocenters. The molecule has 0 spiro atoms. The maximum absolute atomic E-state index is 8.90. The van der Waals surface area contributed by atoms with Crippen molar-refractivity contribution in [2.45, 2.75) is 0 Å². The lowest BCUT2D eigenvalue weighted by atomic mass is 10.1. The molecule has 4 nitrogen and oxygen atoms in total. The van der Waals surface area contributed by atoms with Gasteiger partial charge in [0, 0.05) is 25.0 Å². The van der Waals surface area contributed by atoms with Gasteiger partial charge in [-0.1, -0.05) is 29.8 Å². The number of allylic oxidation sites excluding steroid dienone is 1. The predicted octanol–water partition coefficient (Wildman–Crippen LogP) is 3.38. The summed E-state index contributed by atoms with van der Waals surface area (Å²) >= 11 is 6.42. The number of pyridine rings is 1. The summed E-state index contributed by atoms with van der Waals surface area (Å²) in [6.45, 7) is 0. The van der Waals surface area contributed by atoms with Crippen molar-refractivity contribution in [3.8, 4) is 12.1 Å². The number of nitriles is 2. The van der Waals surface area contributed by atoms with E-state index >= 15 is 0 Å². The van der Waals surface area contributed by atoms with Gasteiger partial charge in [-0.15, -0.1) is 0 Å². The molecule has 0 saturated heterocycles. The van der Waals surface area contributed by atoms with Crippen molar-refractivity contribution in [3.05, 3.63) is 40.4 Å². The van der Waals surface area contributed by atoms with Crippen LogP contribution < -0.4 is 4.90 Å². The van der Waals surface area contributed by atoms with Crippen LogP contribution in [-0.2, 0) is 0 Å². The second kappa shape index (κ2) is 5.61. The smallest absolute Gasteiger partial charge is 0.137 e. The molecule has 1 aromatic heterocycles. The van der Waals surface area contributed by atoms with Crippen molar-refractivity contribution in [2.24, 2.45) is 0 Å². The van der Waals surface area contributed by atoms with E-state index in [-0.39, 0.29) is 5.57 Å². The molecule has 0 amide bonds. The topological polar surface area (TPSA) is 63.7 Å². The van der Waals surface area contributed by atoms with E-state index < -0.39 is 0 Å². The van der Waals surface area contributed by atoms with Crippen molar-refractivity contribution < 1.29 is 0 Å². The second-order valence-electron chi connectivity index (χ2n) is 4.36. The first-order chi connectivity index (χ1) is 9.58. The van der Waals surface area contributed by atoms with Gasteiger partial charge in [0.25, 0.3) is 0 Å². The first-order valence-electron chi connectivity index (χ1n) is 5.86. The van der Waals surface area contributed by atoms with Crippen molar-refractivity contribution in [2.75, 3.05) is 19.0 Å². The van der Waals surface area contributed by atoms with Crippen LogP contribution in [0.25, 0.3) is 17.0 Å². The molecular weight excluding hydrogens is 272 g/mol. The van der Waals surface area contributed by atoms with E-state index in [1.165, 1.54) is 6.08 Å². The van der Waals surface area contributed by atoms with Gasteiger partial charge < -0.3 is 4.90 Å². The third-order valence-corrected chi connectivity index (χ3v) is 3.20. The normalized spacial score (nSPS) is 9.65. The fourth-order valence-electron chi connectivity index (χ4n) is 1.88. The van der Waals surface area contributed by atoms with Crippen LogP contribution in [0.1, 0.15) is 5.56 Å². The van der Waals surface area contributed by atoms with E-state index in [9.17, 15) is 0 Å². The highest BCUT2D eigenvalue weighted by molar-refractivity contribution is 6.37. The van der Waals surface area contributed by atoms with E-state index in [4.69, 9.17) is 22.1 Å². The van der Waals surface area contributed by atoms with Gasteiger partial charge in [0.15, 0.2) is 0 Å². The van der Waals surface area contributed by atoms with Gasteiger partial charge >= 0.3 is 0 Å². The summed E-state index contributed by atoms with van der Waals surface area (Å²) in [7, 11) is 3.67. The highest BCUT2D eigenvalue weighted by Crippen LogP contribution is 2.33. The summed E-state index contributed by atoms with van der Waals surface area (Å²) in [5, 5.41) is 19.1. The van der Waals surface area contributed by atoms with Gasteiger partial charge in [0.1, 0.15) is 23.5 Å². The molecule has 0 radical (unpaired) electrons. The Kier molecular flexibility index (Phi) is 3.89. The molecule has 20 heavy (non-hydrogen) atoms. The van der Waals surface area contributed by atoms with Crippen molar-refractivity contribution in [1.82, 2.24) is 4.98 Å². The van der Waals surface area contributed by atoms with E-state index in [1.54, 1.807) is 4.90 Å². The average Bonchev–Trinajstić information content (AvgIpc) is 2.46. The van der Waals surface area contributed by atoms with Gasteiger partial charge in [-0.3, -0.25) is 0 Å². The SMILES string of the molecule is CN(C)c1nc2ccccc2c(Cl)c1C=C(C#N)C#N. The van der Waals surface area contributed by atoms with E-state index in [0.29, 0.717) is 16.4 Å². The summed E-state index contributed by atoms with van der Waals surface area (Å²) in [6, 6.07) is 11.2. The molecule has 0 saturated carbocycles. The first-order valence-corrected chi connectivity index (χ1v) is 6.23. The fraction of sp³-hybridized carbons (Fsp3) is 0.133. The molecule has 2 aromatic rings. The van der Waals surface area contributed by atoms with Gasteiger partial charge in [0.05, 0.1) is 10.5 Å². The van der Waals surface area contributed by atoms with Crippen LogP contribution in [0.5, 0.6) is 0 Å². The maximum Gasteiger partial charge on any atom is 0.137 e. The monoisotopic (exact) mass is 282 g/mol. The number of rotatable bonds is 2. The number of anilines is 1. The van der Waals surface area contributed by atoms with Crippen LogP contribution in [0.3, 0.4) is 0 Å². The zero-order valence-electron chi connectivity index (χ0n) is 11.1. The zero-order valence-corrected chi connectivity index (χ0v) is 11.8. The Morgan fingerprint density at radius 1 is 1.25 bits per heavy atom. The third-order valence-electron chi connectivity index (χ3n) is 2.80. The van der Waals surface area contributed by atoms with E-state index in [2.05, 4.69) is 4.98 Å². The molecule has 98 valence electrons. The average molecular weight is 283 g/mol. The molecule has 1 heterocycles. The van der Waals surface area contributed by atoms with E-state index in [1.807, 2.05) is 50.5 Å². The van der Waals surface area contributed by atoms with Gasteiger partial charge in [-0.25, -0.2) is 4.98 Å². The fourth-order valence-corrected chi connectivity index (χ4v) is 2.18. The molecule has 0 aliphatic rings. The minimum Gasteiger partial charge on any atom is -0.362 e. The Labute approximate surface area is 122 Å². The van der Waals surface area contributed by atoms with Crippen LogP contribution >= 0.6 is 11.6 Å². The first kappa shape index (κ1) is 13.9. The molecule has 0 fully saturated rings. The largest absolute Gasteiger partial charge is 0.362 e. The highest BCUT2D eigenvalue weighted by Gasteiger charge is 2.14. The molecule has 2 rings (SSSR count). The van der Waals surface area contributed by atoms with Crippen molar-refractivity contribution in [1.29, 1.82) is 10.5 Å². The molecular formula is C15H11ClN4. The second-order valence-corrected chi connectivity index (χ2v) is 4.73. The number of fused-ring (bicyclic) bond motifs is 1. The van der Waals surface area contributed by atoms with Crippen LogP contribution in [0.4, 0.5) is 5.82 Å². The van der Waals surface area contributed by atoms with Gasteiger partial charge in [-0.2, -0.15) is 10.5 Å². The number of para-hydroxylation sites is 1. The highest BCUT2D eigenvalue weighted by atomic mass is 35.5. The molecule has 0 aliphatic carbocycles. The lowest BCUT2D eigenvalue weighted by Crippen LogP contribution is -2.12. The summed E-state index contributed by atoms with van der Waals surface area (Å²) < 4.78 is 0. The lowest BCUT2D eigenvalue weighted by Gasteiger charge is -2.17. The Bertz CT molecular complexity index is 763. The third kappa shape index (κ3) is 2.42. The lowest BCUT2D eigenvalue weighted by molar-refractivity contribution is 1.08. The molecule has 1 aromatic carbocycles. The zero-order chi connectivity index (χ0) is 14.7. The summed E-state index contributed by atoms with van der Waals surface area (Å²) in [5.74, 6) is 0.622. The number of aromatic nitrogens is 1. The predicted molar refractivity (Wildman–Crippen MR) is 80.3 cm³/mol. The number of hydrogen-bond acceptors (Lipinski definition) is 4. The van der Waals surface area contributed by atoms with Crippen molar-refractivity contribution >= 4 is 34.4 Å². The summed E-state index contributed by atoms with van der Waals surface area (Å²) in [5.41, 5.74) is 1.34. The summed E-state index contributed by atoms with van der Waals surface area (Å²) in [4.78, 5) is 6.34. The van der Waals surface area contributed by atoms with Crippen molar-refractivity contribution in [3.63, 3.8) is 0 Å². The number of hydrogen-bond donors (Lipinski definition) is 0. The molecule has 0 bridgehead atoms. The molecule has 0 aliphatic heterocycles. The summed E-state index contributed by atoms with van der Waals surface area (Å²) in [6.07, 6.45) is 1.47. The quantitative estimate of drug-likeness (QED) is 0.792. The minimum atomic E-state index is -0.00733. The van der Waals surface area contributed by atoms with Gasteiger partial charge in [0.2, 0.25) is 0 Å². The molecule has 5 heteroatoms. The maximum atomic E-state index is 8.90. The van der Waals surface area contributed by atoms with Gasteiger partial charge in [-0.05, 0) is 12.1 Å². The molecule has 0 atom stereocenters. The Morgan fingerprint density at radius 3 is 2.50 bits per heavy atom. The van der Waals surface area contributed by atoms with Crippen LogP contribution in [-0.4, -0.2) is 19.1 Å².